The van der Waals surface area contributed by atoms with Crippen LogP contribution in [0.2, 0.25) is 0 Å². The number of carbonyl (C=O) groups is 2. The minimum absolute atomic E-state index is 0.0350. The summed E-state index contributed by atoms with van der Waals surface area (Å²) in [6.45, 7) is 1.76. The van der Waals surface area contributed by atoms with E-state index in [2.05, 4.69) is 10.6 Å². The average Bonchev–Trinajstić information content (AvgIpc) is 2.86. The molecule has 2 rings (SSSR count). The maximum Gasteiger partial charge on any atom is 0.326 e. The molecule has 0 aliphatic carbocycles. The monoisotopic (exact) mass is 226 g/mol. The zero-order chi connectivity index (χ0) is 11.7. The molecule has 90 valence electrons. The van der Waals surface area contributed by atoms with Gasteiger partial charge in [0.25, 0.3) is 0 Å². The van der Waals surface area contributed by atoms with Crippen molar-refractivity contribution in [1.82, 2.24) is 10.6 Å². The van der Waals surface area contributed by atoms with Crippen molar-refractivity contribution in [1.29, 1.82) is 0 Å². The minimum Gasteiger partial charge on any atom is -0.480 e. The molecule has 1 amide bonds. The van der Waals surface area contributed by atoms with Gasteiger partial charge in [-0.25, -0.2) is 4.79 Å². The second-order valence-corrected chi connectivity index (χ2v) is 4.70. The molecule has 2 fully saturated rings. The Morgan fingerprint density at radius 2 is 2.25 bits per heavy atom. The Bertz CT molecular complexity index is 306. The molecule has 4 atom stereocenters. The predicted molar refractivity (Wildman–Crippen MR) is 57.9 cm³/mol. The highest BCUT2D eigenvalue weighted by atomic mass is 16.4. The lowest BCUT2D eigenvalue weighted by Crippen LogP contribution is -2.45. The topological polar surface area (TPSA) is 78.4 Å². The van der Waals surface area contributed by atoms with Gasteiger partial charge in [-0.05, 0) is 25.7 Å². The average molecular weight is 226 g/mol. The zero-order valence-electron chi connectivity index (χ0n) is 9.40. The van der Waals surface area contributed by atoms with E-state index in [1.807, 2.05) is 0 Å². The Kier molecular flexibility index (Phi) is 3.14. The third-order valence-corrected chi connectivity index (χ3v) is 3.66. The molecule has 0 spiro atoms. The number of nitrogens with one attached hydrogen (secondary N) is 2. The molecule has 2 heterocycles. The summed E-state index contributed by atoms with van der Waals surface area (Å²) in [4.78, 5) is 22.7. The summed E-state index contributed by atoms with van der Waals surface area (Å²) in [7, 11) is 0. The first kappa shape index (κ1) is 11.4. The van der Waals surface area contributed by atoms with E-state index in [1.54, 1.807) is 6.92 Å². The molecule has 0 aromatic heterocycles. The highest BCUT2D eigenvalue weighted by Gasteiger charge is 2.43. The van der Waals surface area contributed by atoms with Crippen LogP contribution in [0.4, 0.5) is 0 Å². The maximum absolute atomic E-state index is 11.9. The lowest BCUT2D eigenvalue weighted by molar-refractivity contribution is -0.142. The molecule has 2 aliphatic rings. The summed E-state index contributed by atoms with van der Waals surface area (Å²) < 4.78 is 0. The molecule has 16 heavy (non-hydrogen) atoms. The Morgan fingerprint density at radius 3 is 2.69 bits per heavy atom. The Labute approximate surface area is 94.6 Å². The Balaban J connectivity index is 1.90. The first-order chi connectivity index (χ1) is 7.61. The molecule has 0 aromatic carbocycles. The Hall–Kier alpha value is -1.10. The molecular weight excluding hydrogens is 208 g/mol. The van der Waals surface area contributed by atoms with Gasteiger partial charge in [0.15, 0.2) is 0 Å². The molecule has 0 saturated carbocycles. The van der Waals surface area contributed by atoms with Gasteiger partial charge in [0.05, 0.1) is 5.92 Å². The van der Waals surface area contributed by atoms with Crippen molar-refractivity contribution in [2.24, 2.45) is 5.92 Å². The van der Waals surface area contributed by atoms with Crippen LogP contribution in [-0.4, -0.2) is 35.1 Å². The molecule has 2 saturated heterocycles. The van der Waals surface area contributed by atoms with Crippen LogP contribution in [0.5, 0.6) is 0 Å². The number of rotatable bonds is 4. The van der Waals surface area contributed by atoms with Crippen molar-refractivity contribution in [2.45, 2.75) is 50.7 Å². The van der Waals surface area contributed by atoms with Gasteiger partial charge in [-0.3, -0.25) is 4.79 Å². The van der Waals surface area contributed by atoms with Gasteiger partial charge < -0.3 is 15.7 Å². The summed E-state index contributed by atoms with van der Waals surface area (Å²) in [5, 5.41) is 14.9. The fourth-order valence-corrected chi connectivity index (χ4v) is 2.73. The van der Waals surface area contributed by atoms with Crippen LogP contribution >= 0.6 is 0 Å². The van der Waals surface area contributed by atoms with Crippen molar-refractivity contribution >= 4 is 11.9 Å². The molecule has 2 bridgehead atoms. The van der Waals surface area contributed by atoms with Crippen LogP contribution in [0.1, 0.15) is 32.6 Å². The fourth-order valence-electron chi connectivity index (χ4n) is 2.73. The van der Waals surface area contributed by atoms with Crippen LogP contribution in [0.25, 0.3) is 0 Å². The van der Waals surface area contributed by atoms with Crippen LogP contribution in [0.3, 0.4) is 0 Å². The van der Waals surface area contributed by atoms with E-state index >= 15 is 0 Å². The second kappa shape index (κ2) is 4.41. The van der Waals surface area contributed by atoms with E-state index in [1.165, 1.54) is 0 Å². The normalized spacial score (nSPS) is 33.7. The number of hydrogen-bond donors (Lipinski definition) is 3. The van der Waals surface area contributed by atoms with E-state index in [-0.39, 0.29) is 17.9 Å². The van der Waals surface area contributed by atoms with Crippen molar-refractivity contribution in [3.05, 3.63) is 0 Å². The summed E-state index contributed by atoms with van der Waals surface area (Å²) in [5.41, 5.74) is 0. The largest absolute Gasteiger partial charge is 0.480 e. The highest BCUT2D eigenvalue weighted by molar-refractivity contribution is 5.85. The van der Waals surface area contributed by atoms with Crippen LogP contribution < -0.4 is 10.6 Å². The maximum atomic E-state index is 11.9. The van der Waals surface area contributed by atoms with Crippen LogP contribution in [0, 0.1) is 5.92 Å². The summed E-state index contributed by atoms with van der Waals surface area (Å²) in [5.74, 6) is -1.09. The number of carbonyl (C=O) groups excluding carboxylic acids is 1. The molecule has 3 N–H and O–H groups in total. The molecule has 5 nitrogen and oxygen atoms in total. The zero-order valence-corrected chi connectivity index (χ0v) is 9.40. The fraction of sp³-hybridized carbons (Fsp3) is 0.818. The van der Waals surface area contributed by atoms with Crippen molar-refractivity contribution in [2.75, 3.05) is 0 Å². The minimum atomic E-state index is -0.952. The number of amides is 1. The van der Waals surface area contributed by atoms with E-state index in [4.69, 9.17) is 5.11 Å². The predicted octanol–water partition coefficient (Wildman–Crippen LogP) is 0.106. The van der Waals surface area contributed by atoms with Gasteiger partial charge in [0, 0.05) is 12.1 Å². The van der Waals surface area contributed by atoms with Crippen LogP contribution in [0.15, 0.2) is 0 Å². The van der Waals surface area contributed by atoms with E-state index in [9.17, 15) is 9.59 Å². The first-order valence-electron chi connectivity index (χ1n) is 5.91. The number of carboxylic acids is 1. The standard InChI is InChI=1S/C11H18N2O3/c1-2-8(11(15)16)13-10(14)7-5-6-3-4-9(7)12-6/h6-9,12H,2-5H2,1H3,(H,13,14)(H,15,16)/t6?,7?,8-,9?/m1/s1. The molecule has 0 radical (unpaired) electrons. The highest BCUT2D eigenvalue weighted by Crippen LogP contribution is 2.33. The number of fused-ring (bicyclic) bond motifs is 2. The lowest BCUT2D eigenvalue weighted by atomic mass is 9.88. The number of aliphatic carboxylic acids is 1. The van der Waals surface area contributed by atoms with E-state index in [0.717, 1.165) is 19.3 Å². The lowest BCUT2D eigenvalue weighted by Gasteiger charge is -2.21. The second-order valence-electron chi connectivity index (χ2n) is 4.70. The van der Waals surface area contributed by atoms with E-state index in [0.29, 0.717) is 12.5 Å². The Morgan fingerprint density at radius 1 is 1.50 bits per heavy atom. The third-order valence-electron chi connectivity index (χ3n) is 3.66. The summed E-state index contributed by atoms with van der Waals surface area (Å²) >= 11 is 0. The molecule has 3 unspecified atom stereocenters. The van der Waals surface area contributed by atoms with Gasteiger partial charge in [0.1, 0.15) is 6.04 Å². The van der Waals surface area contributed by atoms with Crippen molar-refractivity contribution < 1.29 is 14.7 Å². The smallest absolute Gasteiger partial charge is 0.326 e. The van der Waals surface area contributed by atoms with Gasteiger partial charge in [-0.2, -0.15) is 0 Å². The van der Waals surface area contributed by atoms with Gasteiger partial charge in [-0.15, -0.1) is 0 Å². The van der Waals surface area contributed by atoms with Gasteiger partial charge >= 0.3 is 5.97 Å². The van der Waals surface area contributed by atoms with Crippen molar-refractivity contribution in [3.63, 3.8) is 0 Å². The van der Waals surface area contributed by atoms with Crippen molar-refractivity contribution in [3.8, 4) is 0 Å². The van der Waals surface area contributed by atoms with Gasteiger partial charge in [0.2, 0.25) is 5.91 Å². The third kappa shape index (κ3) is 2.04. The van der Waals surface area contributed by atoms with Gasteiger partial charge in [-0.1, -0.05) is 6.92 Å². The van der Waals surface area contributed by atoms with Crippen LogP contribution in [-0.2, 0) is 9.59 Å². The summed E-state index contributed by atoms with van der Waals surface area (Å²) in [6, 6.07) is -0.0198. The summed E-state index contributed by atoms with van der Waals surface area (Å²) in [6.07, 6.45) is 3.46. The molecular formula is C11H18N2O3. The molecule has 2 aliphatic heterocycles. The first-order valence-corrected chi connectivity index (χ1v) is 5.91. The van der Waals surface area contributed by atoms with E-state index < -0.39 is 12.0 Å². The quantitative estimate of drug-likeness (QED) is 0.635. The molecule has 5 heteroatoms. The SMILES string of the molecule is CC[C@@H](NC(=O)C1CC2CCC1N2)C(=O)O. The number of hydrogen-bond acceptors (Lipinski definition) is 3. The molecule has 0 aromatic rings. The number of carboxylic acid groups (broad SMARTS) is 1.